The second kappa shape index (κ2) is 7.28. The zero-order valence-electron chi connectivity index (χ0n) is 15.9. The molecule has 0 unspecified atom stereocenters. The van der Waals surface area contributed by atoms with Crippen LogP contribution in [0.3, 0.4) is 0 Å². The highest BCUT2D eigenvalue weighted by Gasteiger charge is 2.21. The Bertz CT molecular complexity index is 1000. The maximum absolute atomic E-state index is 12.3. The summed E-state index contributed by atoms with van der Waals surface area (Å²) < 4.78 is 8.06. The van der Waals surface area contributed by atoms with Crippen LogP contribution < -0.4 is 10.1 Å². The van der Waals surface area contributed by atoms with Gasteiger partial charge < -0.3 is 14.6 Å². The second-order valence-corrected chi connectivity index (χ2v) is 7.44. The van der Waals surface area contributed by atoms with Gasteiger partial charge >= 0.3 is 0 Å². The summed E-state index contributed by atoms with van der Waals surface area (Å²) in [6.45, 7) is 5.40. The first-order chi connectivity index (χ1) is 13.8. The highest BCUT2D eigenvalue weighted by Crippen LogP contribution is 2.29. The average molecular weight is 376 g/mol. The number of benzene rings is 2. The number of para-hydroxylation sites is 1. The molecule has 1 fully saturated rings. The molecule has 2 aromatic carbocycles. The lowest BCUT2D eigenvalue weighted by Gasteiger charge is -2.15. The van der Waals surface area contributed by atoms with Crippen LogP contribution in [-0.4, -0.2) is 53.1 Å². The number of carbonyl (C=O) groups is 1. The zero-order valence-corrected chi connectivity index (χ0v) is 15.9. The minimum atomic E-state index is -0.0300. The quantitative estimate of drug-likeness (QED) is 0.744. The lowest BCUT2D eigenvalue weighted by Crippen LogP contribution is -2.25. The molecule has 144 valence electrons. The molecule has 0 atom stereocenters. The van der Waals surface area contributed by atoms with E-state index in [4.69, 9.17) is 9.72 Å². The highest BCUT2D eigenvalue weighted by molar-refractivity contribution is 6.06. The molecule has 2 aliphatic rings. The molecule has 6 heteroatoms. The van der Waals surface area contributed by atoms with E-state index in [-0.39, 0.29) is 5.91 Å². The molecular weight excluding hydrogens is 352 g/mol. The van der Waals surface area contributed by atoms with E-state index >= 15 is 0 Å². The van der Waals surface area contributed by atoms with Crippen molar-refractivity contribution < 1.29 is 9.53 Å². The number of carbonyl (C=O) groups excluding carboxylic acids is 1. The van der Waals surface area contributed by atoms with Crippen LogP contribution in [0.2, 0.25) is 0 Å². The summed E-state index contributed by atoms with van der Waals surface area (Å²) in [7, 11) is 0. The van der Waals surface area contributed by atoms with Gasteiger partial charge in [0.2, 0.25) is 0 Å². The van der Waals surface area contributed by atoms with Crippen molar-refractivity contribution in [1.82, 2.24) is 19.8 Å². The van der Waals surface area contributed by atoms with Gasteiger partial charge in [-0.15, -0.1) is 0 Å². The Kier molecular flexibility index (Phi) is 4.49. The van der Waals surface area contributed by atoms with Crippen LogP contribution in [0.5, 0.6) is 5.75 Å². The first-order valence-corrected chi connectivity index (χ1v) is 10.0. The first-order valence-electron chi connectivity index (χ1n) is 10.0. The van der Waals surface area contributed by atoms with E-state index in [0.717, 1.165) is 41.3 Å². The Labute approximate surface area is 164 Å². The molecule has 1 amide bonds. The van der Waals surface area contributed by atoms with Gasteiger partial charge in [0.05, 0.1) is 16.6 Å². The van der Waals surface area contributed by atoms with Crippen molar-refractivity contribution in [3.05, 3.63) is 48.0 Å². The van der Waals surface area contributed by atoms with Crippen molar-refractivity contribution >= 4 is 16.9 Å². The molecule has 2 aliphatic heterocycles. The summed E-state index contributed by atoms with van der Waals surface area (Å²) in [6.07, 6.45) is 2.61. The summed E-state index contributed by atoms with van der Waals surface area (Å²) in [6, 6.07) is 13.8. The predicted octanol–water partition coefficient (Wildman–Crippen LogP) is 2.92. The lowest BCUT2D eigenvalue weighted by atomic mass is 10.1. The van der Waals surface area contributed by atoms with Crippen molar-refractivity contribution in [1.29, 1.82) is 0 Å². The van der Waals surface area contributed by atoms with Crippen molar-refractivity contribution in [3.63, 3.8) is 0 Å². The summed E-state index contributed by atoms with van der Waals surface area (Å²) in [5.74, 6) is 1.74. The Morgan fingerprint density at radius 2 is 1.86 bits per heavy atom. The molecular formula is C22H24N4O2. The fraction of sp³-hybridized carbons (Fsp3) is 0.364. The van der Waals surface area contributed by atoms with E-state index in [1.165, 1.54) is 25.9 Å². The van der Waals surface area contributed by atoms with Gasteiger partial charge in [-0.1, -0.05) is 6.07 Å². The molecule has 1 saturated heterocycles. The van der Waals surface area contributed by atoms with E-state index in [2.05, 4.69) is 26.9 Å². The number of nitrogens with zero attached hydrogens (tertiary/aromatic N) is 3. The van der Waals surface area contributed by atoms with Crippen LogP contribution in [0.25, 0.3) is 22.4 Å². The van der Waals surface area contributed by atoms with Crippen molar-refractivity contribution in [2.75, 3.05) is 32.8 Å². The summed E-state index contributed by atoms with van der Waals surface area (Å²) in [4.78, 5) is 19.6. The highest BCUT2D eigenvalue weighted by atomic mass is 16.5. The molecule has 6 nitrogen and oxygen atoms in total. The van der Waals surface area contributed by atoms with Gasteiger partial charge in [0.25, 0.3) is 5.91 Å². The molecule has 5 rings (SSSR count). The Morgan fingerprint density at radius 1 is 1.04 bits per heavy atom. The minimum Gasteiger partial charge on any atom is -0.492 e. The van der Waals surface area contributed by atoms with E-state index in [1.54, 1.807) is 0 Å². The van der Waals surface area contributed by atoms with Gasteiger partial charge in [-0.05, 0) is 62.3 Å². The number of aromatic nitrogens is 2. The molecule has 1 aromatic heterocycles. The fourth-order valence-electron chi connectivity index (χ4n) is 4.18. The van der Waals surface area contributed by atoms with Gasteiger partial charge in [0.1, 0.15) is 18.2 Å². The lowest BCUT2D eigenvalue weighted by molar-refractivity contribution is 0.0956. The van der Waals surface area contributed by atoms with Crippen LogP contribution >= 0.6 is 0 Å². The third-order valence-corrected chi connectivity index (χ3v) is 5.62. The normalized spacial score (nSPS) is 16.9. The largest absolute Gasteiger partial charge is 0.492 e. The van der Waals surface area contributed by atoms with Crippen molar-refractivity contribution in [2.45, 2.75) is 19.4 Å². The number of amides is 1. The molecule has 0 spiro atoms. The number of rotatable bonds is 5. The molecule has 3 heterocycles. The van der Waals surface area contributed by atoms with E-state index < -0.39 is 0 Å². The molecule has 3 aromatic rings. The summed E-state index contributed by atoms with van der Waals surface area (Å²) in [5, 5.41) is 2.96. The maximum atomic E-state index is 12.3. The number of likely N-dealkylation sites (tertiary alicyclic amines) is 1. The monoisotopic (exact) mass is 376 g/mol. The Balaban J connectivity index is 1.38. The second-order valence-electron chi connectivity index (χ2n) is 7.44. The van der Waals surface area contributed by atoms with Crippen LogP contribution in [-0.2, 0) is 6.54 Å². The molecule has 28 heavy (non-hydrogen) atoms. The van der Waals surface area contributed by atoms with Gasteiger partial charge in [-0.2, -0.15) is 0 Å². The van der Waals surface area contributed by atoms with Crippen LogP contribution in [0.1, 0.15) is 23.2 Å². The predicted molar refractivity (Wildman–Crippen MR) is 109 cm³/mol. The third-order valence-electron chi connectivity index (χ3n) is 5.62. The third kappa shape index (κ3) is 3.14. The minimum absolute atomic E-state index is 0.0300. The number of ether oxygens (including phenoxy) is 1. The topological polar surface area (TPSA) is 59.4 Å². The van der Waals surface area contributed by atoms with Gasteiger partial charge in [-0.25, -0.2) is 4.98 Å². The first kappa shape index (κ1) is 17.3. The number of hydrogen-bond acceptors (Lipinski definition) is 4. The fourth-order valence-corrected chi connectivity index (χ4v) is 4.18. The molecule has 1 N–H and O–H groups in total. The van der Waals surface area contributed by atoms with Gasteiger partial charge in [0, 0.05) is 25.2 Å². The van der Waals surface area contributed by atoms with Crippen LogP contribution in [0.15, 0.2) is 42.5 Å². The van der Waals surface area contributed by atoms with Crippen molar-refractivity contribution in [2.24, 2.45) is 0 Å². The van der Waals surface area contributed by atoms with E-state index in [9.17, 15) is 4.79 Å². The number of nitrogens with one attached hydrogen (secondary N) is 1. The van der Waals surface area contributed by atoms with E-state index in [0.29, 0.717) is 18.7 Å². The molecule has 0 aliphatic carbocycles. The molecule has 0 saturated carbocycles. The SMILES string of the molecule is O=C1NCCn2c(-c3ccc(OCCN4CCCC4)cc3)nc3cccc1c32. The summed E-state index contributed by atoms with van der Waals surface area (Å²) in [5.41, 5.74) is 3.49. The average Bonchev–Trinajstić information content (AvgIpc) is 3.32. The standard InChI is InChI=1S/C22H24N4O2/c27-22-18-4-3-5-19-20(18)26(13-10-23-22)21(24-19)16-6-8-17(9-7-16)28-15-14-25-11-1-2-12-25/h3-9H,1-2,10-15H2,(H,23,27). The summed E-state index contributed by atoms with van der Waals surface area (Å²) >= 11 is 0. The van der Waals surface area contributed by atoms with Crippen LogP contribution in [0.4, 0.5) is 0 Å². The Morgan fingerprint density at radius 3 is 2.68 bits per heavy atom. The van der Waals surface area contributed by atoms with Crippen molar-refractivity contribution in [3.8, 4) is 17.1 Å². The van der Waals surface area contributed by atoms with Gasteiger partial charge in [0.15, 0.2) is 0 Å². The number of hydrogen-bond donors (Lipinski definition) is 1. The molecule has 0 bridgehead atoms. The smallest absolute Gasteiger partial charge is 0.253 e. The van der Waals surface area contributed by atoms with Crippen LogP contribution in [0, 0.1) is 0 Å². The van der Waals surface area contributed by atoms with E-state index in [1.807, 2.05) is 30.3 Å². The Hall–Kier alpha value is -2.86. The zero-order chi connectivity index (χ0) is 18.9. The number of imidazole rings is 1. The maximum Gasteiger partial charge on any atom is 0.253 e. The molecule has 0 radical (unpaired) electrons. The van der Waals surface area contributed by atoms with Gasteiger partial charge in [-0.3, -0.25) is 9.69 Å².